The molecule has 0 aromatic rings. The Morgan fingerprint density at radius 2 is 1.78 bits per heavy atom. The van der Waals surface area contributed by atoms with E-state index in [9.17, 15) is 0 Å². The number of nitrogens with one attached hydrogen (secondary N) is 1. The van der Waals surface area contributed by atoms with E-state index in [2.05, 4.69) is 31.1 Å². The fraction of sp³-hybridized carbons (Fsp3) is 1.00. The predicted molar refractivity (Wildman–Crippen MR) is 41.7 cm³/mol. The Kier molecular flexibility index (Phi) is 2.09. The average molecular weight is 130 g/mol. The minimum atomic E-state index is 0. The van der Waals surface area contributed by atoms with E-state index < -0.39 is 0 Å². The second-order valence-electron chi connectivity index (χ2n) is 3.02. The van der Waals surface area contributed by atoms with Crippen LogP contribution in [0.3, 0.4) is 0 Å². The summed E-state index contributed by atoms with van der Waals surface area (Å²) in [6.45, 7) is 6.78. The molecule has 0 amide bonds. The van der Waals surface area contributed by atoms with Gasteiger partial charge in [-0.15, -0.1) is 0 Å². The summed E-state index contributed by atoms with van der Waals surface area (Å²) in [7, 11) is 2.19. The zero-order valence-electron chi connectivity index (χ0n) is 6.52. The standard InChI is InChI=1S/C7H16N2.H2/c1-6-4-8-5-7(2)9(6)3;/h6-8H,4-5H2,1-3H3;1H. The molecule has 0 saturated carbocycles. The van der Waals surface area contributed by atoms with Gasteiger partial charge in [-0.2, -0.15) is 0 Å². The van der Waals surface area contributed by atoms with Gasteiger partial charge in [0.15, 0.2) is 0 Å². The van der Waals surface area contributed by atoms with Crippen LogP contribution in [0.4, 0.5) is 0 Å². The molecular weight excluding hydrogens is 112 g/mol. The van der Waals surface area contributed by atoms with Crippen LogP contribution >= 0.6 is 0 Å². The first-order valence-corrected chi connectivity index (χ1v) is 3.64. The molecule has 1 heterocycles. The Hall–Kier alpha value is -0.0800. The molecule has 2 heteroatoms. The van der Waals surface area contributed by atoms with Crippen molar-refractivity contribution in [3.63, 3.8) is 0 Å². The molecule has 56 valence electrons. The van der Waals surface area contributed by atoms with Gasteiger partial charge in [-0.1, -0.05) is 0 Å². The summed E-state index contributed by atoms with van der Waals surface area (Å²) in [6, 6.07) is 1.41. The van der Waals surface area contributed by atoms with Crippen molar-refractivity contribution in [2.24, 2.45) is 0 Å². The summed E-state index contributed by atoms with van der Waals surface area (Å²) >= 11 is 0. The highest BCUT2D eigenvalue weighted by atomic mass is 15.2. The third kappa shape index (κ3) is 1.43. The van der Waals surface area contributed by atoms with Gasteiger partial charge in [0.25, 0.3) is 0 Å². The van der Waals surface area contributed by atoms with Crippen molar-refractivity contribution in [3.8, 4) is 0 Å². The first-order valence-electron chi connectivity index (χ1n) is 3.64. The molecule has 2 unspecified atom stereocenters. The molecule has 1 aliphatic rings. The molecule has 1 saturated heterocycles. The predicted octanol–water partition coefficient (Wildman–Crippen LogP) is 0.544. The molecule has 1 rings (SSSR count). The number of piperazine rings is 1. The van der Waals surface area contributed by atoms with E-state index in [1.807, 2.05) is 0 Å². The minimum Gasteiger partial charge on any atom is -0.314 e. The number of likely N-dealkylation sites (N-methyl/N-ethyl adjacent to an activating group) is 1. The normalized spacial score (nSPS) is 39.0. The van der Waals surface area contributed by atoms with Crippen molar-refractivity contribution in [2.75, 3.05) is 20.1 Å². The number of hydrogen-bond donors (Lipinski definition) is 1. The zero-order chi connectivity index (χ0) is 6.85. The monoisotopic (exact) mass is 130 g/mol. The molecule has 2 nitrogen and oxygen atoms in total. The molecule has 0 spiro atoms. The maximum Gasteiger partial charge on any atom is 0.0192 e. The maximum absolute atomic E-state index is 3.37. The van der Waals surface area contributed by atoms with Crippen LogP contribution in [0.15, 0.2) is 0 Å². The molecule has 0 aromatic heterocycles. The maximum atomic E-state index is 3.37. The summed E-state index contributed by atoms with van der Waals surface area (Å²) in [6.07, 6.45) is 0. The smallest absolute Gasteiger partial charge is 0.0192 e. The highest BCUT2D eigenvalue weighted by molar-refractivity contribution is 4.79. The summed E-state index contributed by atoms with van der Waals surface area (Å²) in [5, 5.41) is 3.37. The lowest BCUT2D eigenvalue weighted by molar-refractivity contribution is 0.152. The largest absolute Gasteiger partial charge is 0.314 e. The van der Waals surface area contributed by atoms with Crippen LogP contribution in [0.25, 0.3) is 0 Å². The Balaban J connectivity index is 0.000000810. The topological polar surface area (TPSA) is 15.3 Å². The van der Waals surface area contributed by atoms with Crippen LogP contribution in [-0.2, 0) is 0 Å². The molecule has 9 heavy (non-hydrogen) atoms. The summed E-state index contributed by atoms with van der Waals surface area (Å²) < 4.78 is 0. The first kappa shape index (κ1) is 7.03. The van der Waals surface area contributed by atoms with Crippen molar-refractivity contribution in [3.05, 3.63) is 0 Å². The molecule has 1 N–H and O–H groups in total. The summed E-state index contributed by atoms with van der Waals surface area (Å²) in [4.78, 5) is 2.41. The summed E-state index contributed by atoms with van der Waals surface area (Å²) in [5.41, 5.74) is 0. The highest BCUT2D eigenvalue weighted by Crippen LogP contribution is 2.04. The van der Waals surface area contributed by atoms with E-state index >= 15 is 0 Å². The number of rotatable bonds is 0. The second kappa shape index (κ2) is 2.67. The first-order chi connectivity index (χ1) is 4.22. The van der Waals surface area contributed by atoms with Crippen molar-refractivity contribution >= 4 is 0 Å². The minimum absolute atomic E-state index is 0. The Labute approximate surface area is 58.7 Å². The fourth-order valence-electron chi connectivity index (χ4n) is 1.22. The fourth-order valence-corrected chi connectivity index (χ4v) is 1.22. The molecule has 1 aliphatic heterocycles. The van der Waals surface area contributed by atoms with Crippen molar-refractivity contribution < 1.29 is 1.43 Å². The Morgan fingerprint density at radius 3 is 2.11 bits per heavy atom. The van der Waals surface area contributed by atoms with Crippen LogP contribution in [0, 0.1) is 0 Å². The van der Waals surface area contributed by atoms with E-state index in [0.717, 1.165) is 13.1 Å². The van der Waals surface area contributed by atoms with Crippen molar-refractivity contribution in [1.29, 1.82) is 0 Å². The van der Waals surface area contributed by atoms with Gasteiger partial charge in [-0.3, -0.25) is 4.90 Å². The zero-order valence-corrected chi connectivity index (χ0v) is 6.52. The SMILES string of the molecule is CC1CNCC(C)N1C.[HH]. The third-order valence-corrected chi connectivity index (χ3v) is 2.27. The number of nitrogens with zero attached hydrogens (tertiary/aromatic N) is 1. The van der Waals surface area contributed by atoms with Gasteiger partial charge < -0.3 is 5.32 Å². The van der Waals surface area contributed by atoms with Crippen molar-refractivity contribution in [1.82, 2.24) is 10.2 Å². The van der Waals surface area contributed by atoms with Gasteiger partial charge in [0.2, 0.25) is 0 Å². The molecule has 0 bridgehead atoms. The van der Waals surface area contributed by atoms with Crippen LogP contribution < -0.4 is 5.32 Å². The van der Waals surface area contributed by atoms with Gasteiger partial charge in [-0.05, 0) is 20.9 Å². The van der Waals surface area contributed by atoms with Crippen LogP contribution in [0.1, 0.15) is 15.3 Å². The third-order valence-electron chi connectivity index (χ3n) is 2.27. The molecule has 2 atom stereocenters. The van der Waals surface area contributed by atoms with Gasteiger partial charge in [0, 0.05) is 26.6 Å². The average Bonchev–Trinajstić information content (AvgIpc) is 1.83. The Bertz CT molecular complexity index is 87.6. The molecule has 0 aliphatic carbocycles. The highest BCUT2D eigenvalue weighted by Gasteiger charge is 2.19. The lowest BCUT2D eigenvalue weighted by Gasteiger charge is -2.36. The van der Waals surface area contributed by atoms with E-state index in [1.165, 1.54) is 0 Å². The van der Waals surface area contributed by atoms with Gasteiger partial charge >= 0.3 is 0 Å². The van der Waals surface area contributed by atoms with Crippen LogP contribution in [0.5, 0.6) is 0 Å². The Morgan fingerprint density at radius 1 is 1.33 bits per heavy atom. The van der Waals surface area contributed by atoms with Crippen molar-refractivity contribution in [2.45, 2.75) is 25.9 Å². The van der Waals surface area contributed by atoms with Gasteiger partial charge in [-0.25, -0.2) is 0 Å². The van der Waals surface area contributed by atoms with Gasteiger partial charge in [0.1, 0.15) is 0 Å². The molecule has 0 aromatic carbocycles. The van der Waals surface area contributed by atoms with E-state index in [-0.39, 0.29) is 1.43 Å². The molecular formula is C7H18N2. The quantitative estimate of drug-likeness (QED) is 0.515. The van der Waals surface area contributed by atoms with E-state index in [4.69, 9.17) is 0 Å². The lowest BCUT2D eigenvalue weighted by Crippen LogP contribution is -2.52. The second-order valence-corrected chi connectivity index (χ2v) is 3.02. The van der Waals surface area contributed by atoms with Crippen LogP contribution in [0.2, 0.25) is 0 Å². The lowest BCUT2D eigenvalue weighted by atomic mass is 10.1. The summed E-state index contributed by atoms with van der Waals surface area (Å²) in [5.74, 6) is 0. The number of hydrogen-bond acceptors (Lipinski definition) is 2. The van der Waals surface area contributed by atoms with Gasteiger partial charge in [0.05, 0.1) is 0 Å². The molecule has 0 radical (unpaired) electrons. The molecule has 1 fully saturated rings. The van der Waals surface area contributed by atoms with E-state index in [1.54, 1.807) is 0 Å². The van der Waals surface area contributed by atoms with Crippen LogP contribution in [-0.4, -0.2) is 37.1 Å². The van der Waals surface area contributed by atoms with E-state index in [0.29, 0.717) is 12.1 Å².